The van der Waals surface area contributed by atoms with Crippen molar-refractivity contribution in [1.29, 1.82) is 5.26 Å². The van der Waals surface area contributed by atoms with E-state index >= 15 is 0 Å². The van der Waals surface area contributed by atoms with Crippen molar-refractivity contribution in [3.63, 3.8) is 0 Å². The molecule has 0 aliphatic heterocycles. The van der Waals surface area contributed by atoms with Gasteiger partial charge in [-0.3, -0.25) is 0 Å². The van der Waals surface area contributed by atoms with Crippen LogP contribution in [0.2, 0.25) is 0 Å². The first kappa shape index (κ1) is 20.3. The maximum Gasteiger partial charge on any atom is 0.0994 e. The number of anilines is 1. The average molecular weight is 351 g/mol. The third-order valence-corrected chi connectivity index (χ3v) is 5.33. The van der Waals surface area contributed by atoms with Crippen LogP contribution >= 0.6 is 0 Å². The van der Waals surface area contributed by atoms with Crippen LogP contribution in [0.1, 0.15) is 107 Å². The van der Waals surface area contributed by atoms with E-state index in [2.05, 4.69) is 78.9 Å². The summed E-state index contributed by atoms with van der Waals surface area (Å²) < 4.78 is 0. The SMILES string of the molecule is CNc1cc(C(C)C)c2c(C(C)C)c(C#N)cc(C(C)C)c2c1C(C)C. The van der Waals surface area contributed by atoms with Crippen LogP contribution in [0, 0.1) is 11.3 Å². The van der Waals surface area contributed by atoms with Crippen LogP contribution in [0.25, 0.3) is 10.8 Å². The smallest absolute Gasteiger partial charge is 0.0994 e. The van der Waals surface area contributed by atoms with Gasteiger partial charge < -0.3 is 5.32 Å². The number of nitriles is 1. The fraction of sp³-hybridized carbons (Fsp3) is 0.542. The number of nitrogens with one attached hydrogen (secondary N) is 1. The zero-order chi connectivity index (χ0) is 19.8. The highest BCUT2D eigenvalue weighted by Gasteiger charge is 2.25. The van der Waals surface area contributed by atoms with Gasteiger partial charge in [-0.1, -0.05) is 55.4 Å². The second-order valence-corrected chi connectivity index (χ2v) is 8.58. The zero-order valence-corrected chi connectivity index (χ0v) is 17.9. The molecule has 0 atom stereocenters. The molecule has 0 aliphatic carbocycles. The molecular weight excluding hydrogens is 316 g/mol. The first-order valence-corrected chi connectivity index (χ1v) is 9.90. The van der Waals surface area contributed by atoms with Gasteiger partial charge in [-0.2, -0.15) is 5.26 Å². The van der Waals surface area contributed by atoms with Gasteiger partial charge in [0.2, 0.25) is 0 Å². The average Bonchev–Trinajstić information content (AvgIpc) is 2.57. The molecular formula is C24H34N2. The van der Waals surface area contributed by atoms with Gasteiger partial charge in [0, 0.05) is 12.7 Å². The Morgan fingerprint density at radius 2 is 1.19 bits per heavy atom. The van der Waals surface area contributed by atoms with Crippen LogP contribution in [-0.2, 0) is 0 Å². The summed E-state index contributed by atoms with van der Waals surface area (Å²) in [5.74, 6) is 1.49. The van der Waals surface area contributed by atoms with Crippen molar-refractivity contribution in [2.45, 2.75) is 79.1 Å². The number of benzene rings is 2. The molecule has 0 bridgehead atoms. The molecule has 2 heteroatoms. The van der Waals surface area contributed by atoms with Crippen LogP contribution in [-0.4, -0.2) is 7.05 Å². The maximum absolute atomic E-state index is 9.88. The molecule has 0 aliphatic rings. The molecule has 2 aromatic rings. The Kier molecular flexibility index (Phi) is 6.02. The van der Waals surface area contributed by atoms with Crippen LogP contribution in [0.4, 0.5) is 5.69 Å². The summed E-state index contributed by atoms with van der Waals surface area (Å²) in [6.45, 7) is 17.9. The summed E-state index contributed by atoms with van der Waals surface area (Å²) in [6.07, 6.45) is 0. The summed E-state index contributed by atoms with van der Waals surface area (Å²) in [5.41, 5.74) is 7.28. The van der Waals surface area contributed by atoms with Gasteiger partial charge in [-0.15, -0.1) is 0 Å². The molecule has 140 valence electrons. The van der Waals surface area contributed by atoms with E-state index in [1.165, 1.54) is 38.7 Å². The summed E-state index contributed by atoms with van der Waals surface area (Å²) in [5, 5.41) is 16.0. The van der Waals surface area contributed by atoms with Gasteiger partial charge in [0.1, 0.15) is 0 Å². The van der Waals surface area contributed by atoms with E-state index in [0.717, 1.165) is 5.56 Å². The summed E-state index contributed by atoms with van der Waals surface area (Å²) >= 11 is 0. The fourth-order valence-corrected chi connectivity index (χ4v) is 4.16. The van der Waals surface area contributed by atoms with Crippen molar-refractivity contribution in [1.82, 2.24) is 0 Å². The van der Waals surface area contributed by atoms with Crippen molar-refractivity contribution < 1.29 is 0 Å². The van der Waals surface area contributed by atoms with Crippen molar-refractivity contribution >= 4 is 16.5 Å². The van der Waals surface area contributed by atoms with Gasteiger partial charge in [-0.05, 0) is 68.8 Å². The number of rotatable bonds is 5. The van der Waals surface area contributed by atoms with Gasteiger partial charge in [0.15, 0.2) is 0 Å². The summed E-state index contributed by atoms with van der Waals surface area (Å²) in [4.78, 5) is 0. The minimum absolute atomic E-state index is 0.311. The topological polar surface area (TPSA) is 35.8 Å². The van der Waals surface area contributed by atoms with Crippen LogP contribution < -0.4 is 5.32 Å². The predicted molar refractivity (Wildman–Crippen MR) is 115 cm³/mol. The highest BCUT2D eigenvalue weighted by atomic mass is 14.8. The molecule has 0 fully saturated rings. The Balaban J connectivity index is 3.28. The maximum atomic E-state index is 9.88. The van der Waals surface area contributed by atoms with E-state index < -0.39 is 0 Å². The lowest BCUT2D eigenvalue weighted by Crippen LogP contribution is -2.09. The fourth-order valence-electron chi connectivity index (χ4n) is 4.16. The van der Waals surface area contributed by atoms with Crippen molar-refractivity contribution in [2.75, 3.05) is 12.4 Å². The highest BCUT2D eigenvalue weighted by Crippen LogP contribution is 2.45. The van der Waals surface area contributed by atoms with E-state index in [-0.39, 0.29) is 0 Å². The highest BCUT2D eigenvalue weighted by molar-refractivity contribution is 6.00. The standard InChI is InChI=1S/C24H34N2/c1-13(2)18-10-17(12-25)21(15(5)6)23-19(14(3)4)11-20(26-9)22(16(7)8)24(18)23/h10-11,13-16,26H,1-9H3. The second-order valence-electron chi connectivity index (χ2n) is 8.58. The van der Waals surface area contributed by atoms with Crippen LogP contribution in [0.3, 0.4) is 0 Å². The van der Waals surface area contributed by atoms with Gasteiger partial charge >= 0.3 is 0 Å². The molecule has 0 spiro atoms. The number of fused-ring (bicyclic) bond motifs is 1. The Labute approximate surface area is 159 Å². The molecule has 26 heavy (non-hydrogen) atoms. The third kappa shape index (κ3) is 3.32. The summed E-state index contributed by atoms with van der Waals surface area (Å²) in [7, 11) is 2.01. The van der Waals surface area contributed by atoms with E-state index in [1.807, 2.05) is 7.05 Å². The number of hydrogen-bond donors (Lipinski definition) is 1. The van der Waals surface area contributed by atoms with Gasteiger partial charge in [0.25, 0.3) is 0 Å². The molecule has 0 aromatic heterocycles. The van der Waals surface area contributed by atoms with E-state index in [0.29, 0.717) is 23.7 Å². The molecule has 1 N–H and O–H groups in total. The van der Waals surface area contributed by atoms with Crippen molar-refractivity contribution in [3.05, 3.63) is 39.9 Å². The lowest BCUT2D eigenvalue weighted by molar-refractivity contribution is 0.829. The largest absolute Gasteiger partial charge is 0.388 e. The van der Waals surface area contributed by atoms with Crippen molar-refractivity contribution in [3.8, 4) is 6.07 Å². The minimum Gasteiger partial charge on any atom is -0.388 e. The molecule has 0 heterocycles. The second kappa shape index (κ2) is 7.70. The Morgan fingerprint density at radius 3 is 1.58 bits per heavy atom. The Morgan fingerprint density at radius 1 is 0.731 bits per heavy atom. The minimum atomic E-state index is 0.311. The molecule has 2 nitrogen and oxygen atoms in total. The molecule has 0 amide bonds. The van der Waals surface area contributed by atoms with Gasteiger partial charge in [0.05, 0.1) is 11.6 Å². The first-order valence-electron chi connectivity index (χ1n) is 9.90. The van der Waals surface area contributed by atoms with E-state index in [9.17, 15) is 5.26 Å². The van der Waals surface area contributed by atoms with Crippen LogP contribution in [0.5, 0.6) is 0 Å². The molecule has 0 unspecified atom stereocenters. The lowest BCUT2D eigenvalue weighted by atomic mass is 9.78. The monoisotopic (exact) mass is 350 g/mol. The van der Waals surface area contributed by atoms with E-state index in [4.69, 9.17) is 0 Å². The van der Waals surface area contributed by atoms with Crippen molar-refractivity contribution in [2.24, 2.45) is 0 Å². The predicted octanol–water partition coefficient (Wildman–Crippen LogP) is 7.25. The first-order chi connectivity index (χ1) is 12.1. The number of hydrogen-bond acceptors (Lipinski definition) is 2. The normalized spacial score (nSPS) is 11.8. The molecule has 2 rings (SSSR count). The Hall–Kier alpha value is -2.01. The summed E-state index contributed by atoms with van der Waals surface area (Å²) in [6, 6.07) is 6.96. The molecule has 0 saturated heterocycles. The zero-order valence-electron chi connectivity index (χ0n) is 17.9. The lowest BCUT2D eigenvalue weighted by Gasteiger charge is -2.27. The molecule has 0 radical (unpaired) electrons. The van der Waals surface area contributed by atoms with Gasteiger partial charge in [-0.25, -0.2) is 0 Å². The number of nitrogens with zero attached hydrogens (tertiary/aromatic N) is 1. The Bertz CT molecular complexity index is 849. The van der Waals surface area contributed by atoms with E-state index in [1.54, 1.807) is 0 Å². The molecule has 2 aromatic carbocycles. The molecule has 0 saturated carbocycles. The van der Waals surface area contributed by atoms with Crippen LogP contribution in [0.15, 0.2) is 12.1 Å². The quantitative estimate of drug-likeness (QED) is 0.616. The third-order valence-electron chi connectivity index (χ3n) is 5.33.